The lowest BCUT2D eigenvalue weighted by Gasteiger charge is -2.20. The molecule has 0 bridgehead atoms. The molecule has 0 aliphatic heterocycles. The summed E-state index contributed by atoms with van der Waals surface area (Å²) in [6.45, 7) is 0. The molecule has 4 nitrogen and oxygen atoms in total. The van der Waals surface area contributed by atoms with Crippen LogP contribution in [-0.4, -0.2) is 13.4 Å². The number of alkyl halides is 3. The van der Waals surface area contributed by atoms with Gasteiger partial charge in [0.1, 0.15) is 4.90 Å². The maximum atomic E-state index is 13.0. The van der Waals surface area contributed by atoms with Crippen LogP contribution in [0.4, 0.5) is 13.2 Å². The van der Waals surface area contributed by atoms with E-state index in [0.717, 1.165) is 12.1 Å². The number of hydrogen-bond donors (Lipinski definition) is 1. The summed E-state index contributed by atoms with van der Waals surface area (Å²) in [5.74, 6) is 0. The molecule has 0 saturated carbocycles. The average molecular weight is 427 g/mol. The third-order valence-corrected chi connectivity index (χ3v) is 5.84. The summed E-state index contributed by atoms with van der Waals surface area (Å²) in [5, 5.41) is -0.312. The number of rotatable bonds is 5. The van der Waals surface area contributed by atoms with Crippen LogP contribution in [0.15, 0.2) is 77.8 Å². The Morgan fingerprint density at radius 2 is 1.64 bits per heavy atom. The molecule has 146 valence electrons. The molecule has 1 aromatic heterocycles. The Morgan fingerprint density at radius 1 is 0.964 bits per heavy atom. The monoisotopic (exact) mass is 426 g/mol. The lowest BCUT2D eigenvalue weighted by atomic mass is 10.0. The van der Waals surface area contributed by atoms with E-state index in [1.54, 1.807) is 48.5 Å². The maximum absolute atomic E-state index is 13.0. The number of hydrogen-bond acceptors (Lipinski definition) is 3. The van der Waals surface area contributed by atoms with Crippen molar-refractivity contribution in [3.8, 4) is 0 Å². The number of nitrogens with one attached hydrogen (secondary N) is 1. The molecule has 0 spiro atoms. The molecule has 1 atom stereocenters. The zero-order valence-electron chi connectivity index (χ0n) is 14.2. The summed E-state index contributed by atoms with van der Waals surface area (Å²) < 4.78 is 67.3. The molecule has 0 amide bonds. The first kappa shape index (κ1) is 20.3. The van der Waals surface area contributed by atoms with Crippen molar-refractivity contribution in [2.45, 2.75) is 17.1 Å². The van der Waals surface area contributed by atoms with Gasteiger partial charge in [0.25, 0.3) is 0 Å². The van der Waals surface area contributed by atoms with E-state index in [2.05, 4.69) is 9.71 Å². The van der Waals surface area contributed by atoms with E-state index >= 15 is 0 Å². The molecule has 3 aromatic rings. The second-order valence-electron chi connectivity index (χ2n) is 5.86. The molecule has 0 aliphatic rings. The van der Waals surface area contributed by atoms with Gasteiger partial charge in [-0.25, -0.2) is 8.42 Å². The standard InChI is InChI=1S/C19H14ClF3N2O2S/c20-15-10-9-14(19(21,22)23)12-17(15)28(26,27)25-18(13-6-2-1-3-7-13)16-8-4-5-11-24-16/h1-12,18,25H/t18-/m0/s1. The average Bonchev–Trinajstić information content (AvgIpc) is 2.67. The van der Waals surface area contributed by atoms with Crippen LogP contribution in [0.1, 0.15) is 22.9 Å². The summed E-state index contributed by atoms with van der Waals surface area (Å²) in [6.07, 6.45) is -3.20. The zero-order chi connectivity index (χ0) is 20.4. The third kappa shape index (κ3) is 4.52. The molecule has 3 rings (SSSR count). The molecule has 28 heavy (non-hydrogen) atoms. The van der Waals surface area contributed by atoms with Gasteiger partial charge in [0.15, 0.2) is 0 Å². The number of sulfonamides is 1. The molecule has 0 fully saturated rings. The predicted octanol–water partition coefficient (Wildman–Crippen LogP) is 4.82. The lowest BCUT2D eigenvalue weighted by molar-refractivity contribution is -0.137. The van der Waals surface area contributed by atoms with Gasteiger partial charge in [0.2, 0.25) is 10.0 Å². The minimum Gasteiger partial charge on any atom is -0.259 e. The molecular weight excluding hydrogens is 413 g/mol. The van der Waals surface area contributed by atoms with E-state index in [0.29, 0.717) is 17.3 Å². The summed E-state index contributed by atoms with van der Waals surface area (Å²) in [7, 11) is -4.39. The smallest absolute Gasteiger partial charge is 0.259 e. The number of aromatic nitrogens is 1. The van der Waals surface area contributed by atoms with E-state index < -0.39 is 32.7 Å². The van der Waals surface area contributed by atoms with Crippen LogP contribution in [0.25, 0.3) is 0 Å². The highest BCUT2D eigenvalue weighted by atomic mass is 35.5. The largest absolute Gasteiger partial charge is 0.416 e. The highest BCUT2D eigenvalue weighted by Gasteiger charge is 2.33. The Labute approximate surface area is 165 Å². The minimum atomic E-state index is -4.70. The zero-order valence-corrected chi connectivity index (χ0v) is 15.8. The van der Waals surface area contributed by atoms with Crippen LogP contribution in [0, 0.1) is 0 Å². The van der Waals surface area contributed by atoms with Gasteiger partial charge in [0, 0.05) is 6.20 Å². The molecule has 0 unspecified atom stereocenters. The van der Waals surface area contributed by atoms with Gasteiger partial charge in [-0.15, -0.1) is 0 Å². The van der Waals surface area contributed by atoms with Crippen molar-refractivity contribution in [3.05, 3.63) is 94.8 Å². The highest BCUT2D eigenvalue weighted by Crippen LogP contribution is 2.34. The number of benzene rings is 2. The van der Waals surface area contributed by atoms with E-state index in [4.69, 9.17) is 11.6 Å². The predicted molar refractivity (Wildman–Crippen MR) is 99.3 cm³/mol. The third-order valence-electron chi connectivity index (χ3n) is 3.94. The van der Waals surface area contributed by atoms with Crippen molar-refractivity contribution in [2.75, 3.05) is 0 Å². The van der Waals surface area contributed by atoms with Crippen LogP contribution in [-0.2, 0) is 16.2 Å². The highest BCUT2D eigenvalue weighted by molar-refractivity contribution is 7.89. The van der Waals surface area contributed by atoms with Crippen molar-refractivity contribution in [1.82, 2.24) is 9.71 Å². The van der Waals surface area contributed by atoms with Crippen LogP contribution in [0.5, 0.6) is 0 Å². The topological polar surface area (TPSA) is 59.1 Å². The molecule has 1 heterocycles. The molecular formula is C19H14ClF3N2O2S. The molecule has 2 aromatic carbocycles. The summed E-state index contributed by atoms with van der Waals surface area (Å²) in [5.41, 5.74) is -0.139. The second-order valence-corrected chi connectivity index (χ2v) is 7.95. The minimum absolute atomic E-state index is 0.312. The van der Waals surface area contributed by atoms with Crippen molar-refractivity contribution in [2.24, 2.45) is 0 Å². The molecule has 0 aliphatic carbocycles. The molecule has 1 N–H and O–H groups in total. The normalized spacial score (nSPS) is 13.3. The van der Waals surface area contributed by atoms with E-state index in [1.165, 1.54) is 6.20 Å². The summed E-state index contributed by atoms with van der Waals surface area (Å²) >= 11 is 5.90. The Bertz CT molecular complexity index is 1020. The maximum Gasteiger partial charge on any atom is 0.416 e. The fourth-order valence-electron chi connectivity index (χ4n) is 2.60. The summed E-state index contributed by atoms with van der Waals surface area (Å²) in [4.78, 5) is 3.52. The molecule has 0 radical (unpaired) electrons. The number of halogens is 4. The molecule has 9 heteroatoms. The van der Waals surface area contributed by atoms with Crippen LogP contribution >= 0.6 is 11.6 Å². The van der Waals surface area contributed by atoms with Crippen LogP contribution in [0.2, 0.25) is 5.02 Å². The summed E-state index contributed by atoms with van der Waals surface area (Å²) in [6, 6.07) is 14.8. The fourth-order valence-corrected chi connectivity index (χ4v) is 4.32. The van der Waals surface area contributed by atoms with Gasteiger partial charge >= 0.3 is 6.18 Å². The van der Waals surface area contributed by atoms with E-state index in [1.807, 2.05) is 0 Å². The van der Waals surface area contributed by atoms with Crippen molar-refractivity contribution in [1.29, 1.82) is 0 Å². The SMILES string of the molecule is O=S(=O)(N[C@@H](c1ccccc1)c1ccccn1)c1cc(C(F)(F)F)ccc1Cl. The van der Waals surface area contributed by atoms with Gasteiger partial charge in [-0.3, -0.25) is 4.98 Å². The van der Waals surface area contributed by atoms with E-state index in [-0.39, 0.29) is 5.02 Å². The van der Waals surface area contributed by atoms with Crippen molar-refractivity contribution >= 4 is 21.6 Å². The van der Waals surface area contributed by atoms with Gasteiger partial charge in [-0.05, 0) is 35.9 Å². The van der Waals surface area contributed by atoms with Gasteiger partial charge in [-0.1, -0.05) is 48.0 Å². The lowest BCUT2D eigenvalue weighted by Crippen LogP contribution is -2.30. The number of nitrogens with zero attached hydrogens (tertiary/aromatic N) is 1. The quantitative estimate of drug-likeness (QED) is 0.636. The first-order chi connectivity index (χ1) is 13.2. The second kappa shape index (κ2) is 7.90. The number of pyridine rings is 1. The first-order valence-electron chi connectivity index (χ1n) is 8.03. The van der Waals surface area contributed by atoms with Gasteiger partial charge in [0.05, 0.1) is 22.3 Å². The van der Waals surface area contributed by atoms with E-state index in [9.17, 15) is 21.6 Å². The molecule has 0 saturated heterocycles. The van der Waals surface area contributed by atoms with Gasteiger partial charge < -0.3 is 0 Å². The fraction of sp³-hybridized carbons (Fsp3) is 0.105. The Kier molecular flexibility index (Phi) is 5.74. The van der Waals surface area contributed by atoms with Crippen molar-refractivity contribution in [3.63, 3.8) is 0 Å². The Balaban J connectivity index is 2.06. The van der Waals surface area contributed by atoms with Crippen LogP contribution < -0.4 is 4.72 Å². The van der Waals surface area contributed by atoms with Crippen LogP contribution in [0.3, 0.4) is 0 Å². The van der Waals surface area contributed by atoms with Gasteiger partial charge in [-0.2, -0.15) is 17.9 Å². The Hall–Kier alpha value is -2.42. The first-order valence-corrected chi connectivity index (χ1v) is 9.89. The van der Waals surface area contributed by atoms with Crippen molar-refractivity contribution < 1.29 is 21.6 Å². The Morgan fingerprint density at radius 3 is 2.25 bits per heavy atom.